The molecule has 1 aromatic carbocycles. The van der Waals surface area contributed by atoms with Crippen molar-refractivity contribution in [1.29, 1.82) is 0 Å². The summed E-state index contributed by atoms with van der Waals surface area (Å²) < 4.78 is 6.83. The highest BCUT2D eigenvalue weighted by atomic mass is 35.5. The zero-order valence-electron chi connectivity index (χ0n) is 17.2. The molecule has 9 nitrogen and oxygen atoms in total. The molecule has 0 spiro atoms. The number of carbonyl (C=O) groups is 1. The number of nitrogens with one attached hydrogen (secondary N) is 1. The van der Waals surface area contributed by atoms with E-state index in [0.717, 1.165) is 11.1 Å². The molecule has 0 aliphatic heterocycles. The number of rotatable bonds is 7. The van der Waals surface area contributed by atoms with Gasteiger partial charge in [-0.15, -0.1) is 5.10 Å². The SMILES string of the molecule is COc1ncc(-c2ccn3nc(N)nc3c2)cc1C(=O)NCC[C@H](O)c1ccc(Cl)cc1. The summed E-state index contributed by atoms with van der Waals surface area (Å²) in [7, 11) is 1.45. The van der Waals surface area contributed by atoms with Crippen LogP contribution in [0.5, 0.6) is 5.88 Å². The van der Waals surface area contributed by atoms with Crippen molar-refractivity contribution in [2.45, 2.75) is 12.5 Å². The van der Waals surface area contributed by atoms with Crippen LogP contribution in [-0.4, -0.2) is 44.3 Å². The number of nitrogens with zero attached hydrogens (tertiary/aromatic N) is 4. The smallest absolute Gasteiger partial charge is 0.256 e. The average molecular weight is 453 g/mol. The Morgan fingerprint density at radius 1 is 1.25 bits per heavy atom. The zero-order valence-corrected chi connectivity index (χ0v) is 18.0. The van der Waals surface area contributed by atoms with Crippen molar-refractivity contribution in [1.82, 2.24) is 24.9 Å². The molecule has 0 aliphatic carbocycles. The summed E-state index contributed by atoms with van der Waals surface area (Å²) in [4.78, 5) is 21.2. The number of benzene rings is 1. The third-order valence-electron chi connectivity index (χ3n) is 4.93. The van der Waals surface area contributed by atoms with E-state index in [4.69, 9.17) is 22.1 Å². The second-order valence-corrected chi connectivity index (χ2v) is 7.52. The highest BCUT2D eigenvalue weighted by molar-refractivity contribution is 6.30. The van der Waals surface area contributed by atoms with Gasteiger partial charge < -0.3 is 20.9 Å². The van der Waals surface area contributed by atoms with E-state index in [1.54, 1.807) is 53.3 Å². The molecular formula is C22H21ClN6O3. The molecule has 0 fully saturated rings. The maximum atomic E-state index is 12.8. The van der Waals surface area contributed by atoms with Crippen molar-refractivity contribution in [3.8, 4) is 17.0 Å². The van der Waals surface area contributed by atoms with Gasteiger partial charge >= 0.3 is 0 Å². The average Bonchev–Trinajstić information content (AvgIpc) is 3.18. The van der Waals surface area contributed by atoms with Gasteiger partial charge in [-0.1, -0.05) is 23.7 Å². The second kappa shape index (κ2) is 9.21. The molecular weight excluding hydrogens is 432 g/mol. The number of fused-ring (bicyclic) bond motifs is 1. The van der Waals surface area contributed by atoms with E-state index in [0.29, 0.717) is 22.7 Å². The lowest BCUT2D eigenvalue weighted by Gasteiger charge is -2.13. The third-order valence-corrected chi connectivity index (χ3v) is 5.19. The second-order valence-electron chi connectivity index (χ2n) is 7.08. The highest BCUT2D eigenvalue weighted by Crippen LogP contribution is 2.25. The molecule has 0 saturated carbocycles. The number of hydrogen-bond acceptors (Lipinski definition) is 7. The molecule has 4 rings (SSSR count). The van der Waals surface area contributed by atoms with Crippen molar-refractivity contribution >= 4 is 29.1 Å². The van der Waals surface area contributed by atoms with Crippen molar-refractivity contribution in [2.24, 2.45) is 0 Å². The number of halogens is 1. The quantitative estimate of drug-likeness (QED) is 0.393. The van der Waals surface area contributed by atoms with Crippen molar-refractivity contribution < 1.29 is 14.6 Å². The van der Waals surface area contributed by atoms with Gasteiger partial charge in [0.15, 0.2) is 5.65 Å². The van der Waals surface area contributed by atoms with Crippen LogP contribution in [0.1, 0.15) is 28.4 Å². The van der Waals surface area contributed by atoms with Crippen LogP contribution in [0.4, 0.5) is 5.95 Å². The van der Waals surface area contributed by atoms with Crippen LogP contribution in [0.25, 0.3) is 16.8 Å². The van der Waals surface area contributed by atoms with Crippen LogP contribution in [0, 0.1) is 0 Å². The molecule has 1 amide bonds. The number of nitrogen functional groups attached to an aromatic ring is 1. The zero-order chi connectivity index (χ0) is 22.7. The molecule has 0 radical (unpaired) electrons. The first-order valence-electron chi connectivity index (χ1n) is 9.82. The van der Waals surface area contributed by atoms with Gasteiger partial charge in [0.2, 0.25) is 11.8 Å². The van der Waals surface area contributed by atoms with Crippen molar-refractivity contribution in [2.75, 3.05) is 19.4 Å². The number of ether oxygens (including phenoxy) is 1. The number of methoxy groups -OCH3 is 1. The van der Waals surface area contributed by atoms with E-state index in [1.807, 2.05) is 6.07 Å². The number of amides is 1. The summed E-state index contributed by atoms with van der Waals surface area (Å²) in [5.41, 5.74) is 8.75. The minimum Gasteiger partial charge on any atom is -0.480 e. The molecule has 4 N–H and O–H groups in total. The van der Waals surface area contributed by atoms with Crippen LogP contribution >= 0.6 is 11.6 Å². The number of nitrogens with two attached hydrogens (primary N) is 1. The summed E-state index contributed by atoms with van der Waals surface area (Å²) >= 11 is 5.88. The number of aliphatic hydroxyl groups excluding tert-OH is 1. The molecule has 1 atom stereocenters. The normalized spacial score (nSPS) is 12.0. The van der Waals surface area contributed by atoms with Crippen molar-refractivity contribution in [3.05, 3.63) is 71.0 Å². The number of aromatic nitrogens is 4. The third kappa shape index (κ3) is 4.63. The van der Waals surface area contributed by atoms with E-state index in [-0.39, 0.29) is 29.8 Å². The molecule has 3 aromatic heterocycles. The molecule has 164 valence electrons. The molecule has 0 bridgehead atoms. The molecule has 32 heavy (non-hydrogen) atoms. The predicted octanol–water partition coefficient (Wildman–Crippen LogP) is 2.89. The lowest BCUT2D eigenvalue weighted by molar-refractivity contribution is 0.0939. The maximum absolute atomic E-state index is 12.8. The van der Waals surface area contributed by atoms with Crippen LogP contribution < -0.4 is 15.8 Å². The first kappa shape index (κ1) is 21.5. The summed E-state index contributed by atoms with van der Waals surface area (Å²) in [5, 5.41) is 17.8. The van der Waals surface area contributed by atoms with Gasteiger partial charge in [0.25, 0.3) is 5.91 Å². The van der Waals surface area contributed by atoms with Gasteiger partial charge in [0.05, 0.1) is 13.2 Å². The molecule has 3 heterocycles. The fourth-order valence-electron chi connectivity index (χ4n) is 3.28. The number of hydrogen-bond donors (Lipinski definition) is 3. The Morgan fingerprint density at radius 2 is 2.03 bits per heavy atom. The lowest BCUT2D eigenvalue weighted by atomic mass is 10.1. The summed E-state index contributed by atoms with van der Waals surface area (Å²) in [5.74, 6) is 0.0282. The first-order chi connectivity index (χ1) is 15.4. The molecule has 0 saturated heterocycles. The number of carbonyl (C=O) groups excluding carboxylic acids is 1. The Kier molecular flexibility index (Phi) is 6.20. The van der Waals surface area contributed by atoms with Gasteiger partial charge in [0.1, 0.15) is 5.56 Å². The maximum Gasteiger partial charge on any atom is 0.256 e. The van der Waals surface area contributed by atoms with E-state index >= 15 is 0 Å². The van der Waals surface area contributed by atoms with Gasteiger partial charge in [0, 0.05) is 29.5 Å². The first-order valence-corrected chi connectivity index (χ1v) is 10.2. The Hall–Kier alpha value is -3.69. The molecule has 0 aliphatic rings. The molecule has 0 unspecified atom stereocenters. The fraction of sp³-hybridized carbons (Fsp3) is 0.182. The summed E-state index contributed by atoms with van der Waals surface area (Å²) in [6, 6.07) is 12.3. The van der Waals surface area contributed by atoms with Gasteiger partial charge in [-0.2, -0.15) is 4.98 Å². The lowest BCUT2D eigenvalue weighted by Crippen LogP contribution is -2.26. The largest absolute Gasteiger partial charge is 0.480 e. The highest BCUT2D eigenvalue weighted by Gasteiger charge is 2.16. The minimum atomic E-state index is -0.721. The standard InChI is InChI=1S/C22H21ClN6O3/c1-32-21-17(20(31)25-8-6-18(30)13-2-4-16(23)5-3-13)10-15(12-26-21)14-7-9-29-19(11-14)27-22(24)28-29/h2-5,7,9-12,18,30H,6,8H2,1H3,(H2,24,28)(H,25,31)/t18-/m0/s1. The van der Waals surface area contributed by atoms with Gasteiger partial charge in [-0.05, 0) is 47.9 Å². The van der Waals surface area contributed by atoms with Gasteiger partial charge in [-0.25, -0.2) is 9.50 Å². The number of anilines is 1. The van der Waals surface area contributed by atoms with Crippen LogP contribution in [0.15, 0.2) is 54.9 Å². The van der Waals surface area contributed by atoms with E-state index in [9.17, 15) is 9.90 Å². The minimum absolute atomic E-state index is 0.177. The molecule has 4 aromatic rings. The monoisotopic (exact) mass is 452 g/mol. The Morgan fingerprint density at radius 3 is 2.78 bits per heavy atom. The predicted molar refractivity (Wildman–Crippen MR) is 121 cm³/mol. The number of aliphatic hydroxyl groups is 1. The Bertz CT molecular complexity index is 1260. The van der Waals surface area contributed by atoms with E-state index in [2.05, 4.69) is 20.4 Å². The number of pyridine rings is 2. The fourth-order valence-corrected chi connectivity index (χ4v) is 3.41. The van der Waals surface area contributed by atoms with Crippen LogP contribution in [0.2, 0.25) is 5.02 Å². The van der Waals surface area contributed by atoms with Crippen molar-refractivity contribution in [3.63, 3.8) is 0 Å². The Balaban J connectivity index is 1.48. The summed E-state index contributed by atoms with van der Waals surface area (Å²) in [6.07, 6.45) is 2.97. The van der Waals surface area contributed by atoms with E-state index < -0.39 is 6.10 Å². The topological polar surface area (TPSA) is 128 Å². The van der Waals surface area contributed by atoms with Crippen LogP contribution in [-0.2, 0) is 0 Å². The Labute approximate surface area is 188 Å². The summed E-state index contributed by atoms with van der Waals surface area (Å²) in [6.45, 7) is 0.265. The van der Waals surface area contributed by atoms with Gasteiger partial charge in [-0.3, -0.25) is 4.79 Å². The van der Waals surface area contributed by atoms with E-state index in [1.165, 1.54) is 7.11 Å². The molecule has 10 heteroatoms. The van der Waals surface area contributed by atoms with Crippen LogP contribution in [0.3, 0.4) is 0 Å².